The Morgan fingerprint density at radius 1 is 1.27 bits per heavy atom. The van der Waals surface area contributed by atoms with Crippen LogP contribution < -0.4 is 9.47 Å². The first-order chi connectivity index (χ1) is 12.4. The maximum absolute atomic E-state index is 12.8. The number of nitrogens with zero attached hydrogens (tertiary/aromatic N) is 2. The van der Waals surface area contributed by atoms with Gasteiger partial charge in [-0.25, -0.2) is 0 Å². The van der Waals surface area contributed by atoms with Gasteiger partial charge >= 0.3 is 0 Å². The highest BCUT2D eigenvalue weighted by Crippen LogP contribution is 2.35. The molecule has 138 valence electrons. The minimum absolute atomic E-state index is 0.0511. The summed E-state index contributed by atoms with van der Waals surface area (Å²) in [5, 5.41) is 11.4. The van der Waals surface area contributed by atoms with Gasteiger partial charge in [0.15, 0.2) is 11.5 Å². The number of rotatable bonds is 7. The van der Waals surface area contributed by atoms with E-state index in [0.29, 0.717) is 13.2 Å². The third-order valence-electron chi connectivity index (χ3n) is 3.72. The second kappa shape index (κ2) is 8.66. The van der Waals surface area contributed by atoms with Crippen LogP contribution in [0, 0.1) is 10.1 Å². The molecule has 0 saturated carbocycles. The lowest BCUT2D eigenvalue weighted by Gasteiger charge is -2.19. The predicted molar refractivity (Wildman–Crippen MR) is 101 cm³/mol. The van der Waals surface area contributed by atoms with E-state index in [4.69, 9.17) is 9.47 Å². The average molecular weight is 423 g/mol. The molecule has 0 fully saturated rings. The van der Waals surface area contributed by atoms with Crippen molar-refractivity contribution < 1.29 is 19.2 Å². The minimum Gasteiger partial charge on any atom is -0.493 e. The van der Waals surface area contributed by atoms with Crippen molar-refractivity contribution in [2.45, 2.75) is 13.5 Å². The molecule has 0 heterocycles. The van der Waals surface area contributed by atoms with Crippen LogP contribution in [0.5, 0.6) is 11.5 Å². The van der Waals surface area contributed by atoms with Crippen LogP contribution in [0.25, 0.3) is 0 Å². The Balaban J connectivity index is 2.40. The van der Waals surface area contributed by atoms with Gasteiger partial charge < -0.3 is 14.4 Å². The van der Waals surface area contributed by atoms with Crippen molar-refractivity contribution in [3.8, 4) is 11.5 Å². The Morgan fingerprint density at radius 2 is 1.96 bits per heavy atom. The zero-order valence-electron chi connectivity index (χ0n) is 14.7. The Morgan fingerprint density at radius 3 is 2.54 bits per heavy atom. The summed E-state index contributed by atoms with van der Waals surface area (Å²) in [6.07, 6.45) is 0. The quantitative estimate of drug-likeness (QED) is 0.496. The fourth-order valence-corrected chi connectivity index (χ4v) is 2.87. The number of nitro groups is 1. The van der Waals surface area contributed by atoms with E-state index in [1.165, 1.54) is 24.1 Å². The van der Waals surface area contributed by atoms with Gasteiger partial charge in [-0.3, -0.25) is 14.9 Å². The molecule has 2 aromatic rings. The Bertz CT molecular complexity index is 825. The van der Waals surface area contributed by atoms with E-state index in [1.807, 2.05) is 24.3 Å². The number of hydrogen-bond acceptors (Lipinski definition) is 5. The van der Waals surface area contributed by atoms with Crippen LogP contribution >= 0.6 is 15.9 Å². The van der Waals surface area contributed by atoms with Crippen molar-refractivity contribution in [1.82, 2.24) is 4.90 Å². The first kappa shape index (κ1) is 19.7. The molecule has 0 N–H and O–H groups in total. The summed E-state index contributed by atoms with van der Waals surface area (Å²) in [6, 6.07) is 10.1. The maximum atomic E-state index is 12.8. The molecule has 0 aliphatic heterocycles. The lowest BCUT2D eigenvalue weighted by Crippen LogP contribution is -2.27. The lowest BCUT2D eigenvalue weighted by atomic mass is 10.1. The fourth-order valence-electron chi connectivity index (χ4n) is 2.46. The predicted octanol–water partition coefficient (Wildman–Crippen LogP) is 4.04. The van der Waals surface area contributed by atoms with Crippen molar-refractivity contribution >= 4 is 27.5 Å². The molecule has 0 aliphatic carbocycles. The van der Waals surface area contributed by atoms with E-state index in [1.54, 1.807) is 14.0 Å². The van der Waals surface area contributed by atoms with Crippen molar-refractivity contribution in [2.24, 2.45) is 0 Å². The zero-order valence-corrected chi connectivity index (χ0v) is 16.3. The summed E-state index contributed by atoms with van der Waals surface area (Å²) < 4.78 is 11.4. The van der Waals surface area contributed by atoms with Crippen LogP contribution in [0.2, 0.25) is 0 Å². The zero-order chi connectivity index (χ0) is 19.3. The van der Waals surface area contributed by atoms with Crippen LogP contribution in [0.1, 0.15) is 22.8 Å². The number of benzene rings is 2. The number of methoxy groups -OCH3 is 1. The van der Waals surface area contributed by atoms with Gasteiger partial charge in [-0.05, 0) is 18.6 Å². The fraction of sp³-hybridized carbons (Fsp3) is 0.278. The highest BCUT2D eigenvalue weighted by Gasteiger charge is 2.27. The van der Waals surface area contributed by atoms with E-state index in [2.05, 4.69) is 15.9 Å². The molecular formula is C18H19BrN2O5. The molecule has 0 saturated heterocycles. The number of carbonyl (C=O) groups is 1. The Hall–Kier alpha value is -2.61. The first-order valence-electron chi connectivity index (χ1n) is 7.87. The Labute approximate surface area is 159 Å². The van der Waals surface area contributed by atoms with Gasteiger partial charge in [-0.1, -0.05) is 34.1 Å². The Kier molecular flexibility index (Phi) is 6.57. The number of halogens is 1. The van der Waals surface area contributed by atoms with Crippen LogP contribution in [0.15, 0.2) is 40.9 Å². The monoisotopic (exact) mass is 422 g/mol. The molecule has 2 rings (SSSR count). The molecule has 1 amide bonds. The van der Waals surface area contributed by atoms with Gasteiger partial charge in [0.05, 0.1) is 24.7 Å². The molecule has 0 aromatic heterocycles. The molecule has 8 heteroatoms. The van der Waals surface area contributed by atoms with E-state index in [0.717, 1.165) is 10.0 Å². The molecule has 0 spiro atoms. The molecule has 0 unspecified atom stereocenters. The van der Waals surface area contributed by atoms with Gasteiger partial charge in [0, 0.05) is 24.1 Å². The molecule has 0 bridgehead atoms. The van der Waals surface area contributed by atoms with E-state index >= 15 is 0 Å². The highest BCUT2D eigenvalue weighted by atomic mass is 79.9. The molecule has 0 aliphatic rings. The lowest BCUT2D eigenvalue weighted by molar-refractivity contribution is -0.385. The molecule has 26 heavy (non-hydrogen) atoms. The molecule has 2 aromatic carbocycles. The van der Waals surface area contributed by atoms with Gasteiger partial charge in [0.1, 0.15) is 5.56 Å². The van der Waals surface area contributed by atoms with Crippen molar-refractivity contribution in [3.63, 3.8) is 0 Å². The summed E-state index contributed by atoms with van der Waals surface area (Å²) in [5.41, 5.74) is 0.520. The second-order valence-corrected chi connectivity index (χ2v) is 6.32. The van der Waals surface area contributed by atoms with Gasteiger partial charge in [-0.2, -0.15) is 0 Å². The van der Waals surface area contributed by atoms with Crippen molar-refractivity contribution in [3.05, 3.63) is 62.1 Å². The number of hydrogen-bond donors (Lipinski definition) is 0. The summed E-state index contributed by atoms with van der Waals surface area (Å²) in [7, 11) is 3.01. The van der Waals surface area contributed by atoms with E-state index < -0.39 is 10.8 Å². The van der Waals surface area contributed by atoms with Crippen LogP contribution in [-0.2, 0) is 6.54 Å². The largest absolute Gasteiger partial charge is 0.493 e. The molecule has 0 atom stereocenters. The van der Waals surface area contributed by atoms with Crippen LogP contribution in [0.3, 0.4) is 0 Å². The third kappa shape index (κ3) is 4.32. The normalized spacial score (nSPS) is 10.3. The minimum atomic E-state index is -0.596. The average Bonchev–Trinajstić information content (AvgIpc) is 2.62. The number of ether oxygens (including phenoxy) is 2. The summed E-state index contributed by atoms with van der Waals surface area (Å²) in [6.45, 7) is 2.38. The van der Waals surface area contributed by atoms with Crippen molar-refractivity contribution in [2.75, 3.05) is 20.8 Å². The van der Waals surface area contributed by atoms with E-state index in [9.17, 15) is 14.9 Å². The van der Waals surface area contributed by atoms with Gasteiger partial charge in [0.2, 0.25) is 0 Å². The summed E-state index contributed by atoms with van der Waals surface area (Å²) >= 11 is 3.43. The number of amides is 1. The number of nitro benzene ring substituents is 1. The summed E-state index contributed by atoms with van der Waals surface area (Å²) in [5.74, 6) is 0.0237. The van der Waals surface area contributed by atoms with E-state index in [-0.39, 0.29) is 22.7 Å². The standard InChI is InChI=1S/C18H19BrN2O5/c1-4-26-17-10-15(21(23)24)13(9-16(17)25-3)18(22)20(2)11-12-7-5-6-8-14(12)19/h5-10H,4,11H2,1-3H3. The van der Waals surface area contributed by atoms with Crippen LogP contribution in [0.4, 0.5) is 5.69 Å². The maximum Gasteiger partial charge on any atom is 0.286 e. The first-order valence-corrected chi connectivity index (χ1v) is 8.66. The van der Waals surface area contributed by atoms with Crippen LogP contribution in [-0.4, -0.2) is 36.5 Å². The SMILES string of the molecule is CCOc1cc([N+](=O)[O-])c(C(=O)N(C)Cc2ccccc2Br)cc1OC. The molecule has 7 nitrogen and oxygen atoms in total. The van der Waals surface area contributed by atoms with Crippen molar-refractivity contribution in [1.29, 1.82) is 0 Å². The number of carbonyl (C=O) groups excluding carboxylic acids is 1. The highest BCUT2D eigenvalue weighted by molar-refractivity contribution is 9.10. The van der Waals surface area contributed by atoms with Gasteiger partial charge in [0.25, 0.3) is 11.6 Å². The topological polar surface area (TPSA) is 81.9 Å². The summed E-state index contributed by atoms with van der Waals surface area (Å²) in [4.78, 5) is 25.1. The second-order valence-electron chi connectivity index (χ2n) is 5.46. The van der Waals surface area contributed by atoms with Gasteiger partial charge in [-0.15, -0.1) is 0 Å². The molecular weight excluding hydrogens is 404 g/mol. The molecule has 0 radical (unpaired) electrons. The third-order valence-corrected chi connectivity index (χ3v) is 4.49. The smallest absolute Gasteiger partial charge is 0.286 e.